The van der Waals surface area contributed by atoms with Crippen LogP contribution in [-0.4, -0.2) is 13.1 Å². The normalized spacial score (nSPS) is 12.8. The molecule has 0 saturated carbocycles. The average molecular weight is 196 g/mol. The van der Waals surface area contributed by atoms with Crippen molar-refractivity contribution in [3.8, 4) is 0 Å². The molecule has 0 fully saturated rings. The lowest BCUT2D eigenvalue weighted by Crippen LogP contribution is -2.21. The van der Waals surface area contributed by atoms with Crippen molar-refractivity contribution in [2.24, 2.45) is 0 Å². The maximum Gasteiger partial charge on any atom is 0.146 e. The Morgan fingerprint density at radius 3 is 2.86 bits per heavy atom. The van der Waals surface area contributed by atoms with E-state index in [0.717, 1.165) is 18.4 Å². The molecule has 0 aromatic heterocycles. The molecule has 0 amide bonds. The van der Waals surface area contributed by atoms with Gasteiger partial charge in [-0.25, -0.2) is 4.39 Å². The molecule has 0 aliphatic carbocycles. The van der Waals surface area contributed by atoms with Crippen LogP contribution in [0.3, 0.4) is 0 Å². The quantitative estimate of drug-likeness (QED) is 0.722. The minimum Gasteiger partial charge on any atom is -0.396 e. The summed E-state index contributed by atoms with van der Waals surface area (Å²) >= 11 is 0. The van der Waals surface area contributed by atoms with Gasteiger partial charge in [0.2, 0.25) is 0 Å². The van der Waals surface area contributed by atoms with Crippen molar-refractivity contribution in [3.63, 3.8) is 0 Å². The fourth-order valence-corrected chi connectivity index (χ4v) is 1.32. The minimum absolute atomic E-state index is 0.288. The number of nitrogens with two attached hydrogens (primary N) is 1. The van der Waals surface area contributed by atoms with Crippen molar-refractivity contribution in [1.29, 1.82) is 0 Å². The molecule has 1 aromatic carbocycles. The number of hydrogen-bond donors (Lipinski definition) is 2. The molecule has 0 aliphatic heterocycles. The van der Waals surface area contributed by atoms with Crippen molar-refractivity contribution in [2.75, 3.05) is 12.8 Å². The number of para-hydroxylation sites is 1. The number of hydrogen-bond acceptors (Lipinski definition) is 2. The van der Waals surface area contributed by atoms with Gasteiger partial charge in [0.05, 0.1) is 5.69 Å². The summed E-state index contributed by atoms with van der Waals surface area (Å²) < 4.78 is 13.0. The second-order valence-electron chi connectivity index (χ2n) is 3.54. The largest absolute Gasteiger partial charge is 0.396 e. The molecule has 0 spiro atoms. The predicted molar refractivity (Wildman–Crippen MR) is 57.7 cm³/mol. The Labute approximate surface area is 84.3 Å². The Morgan fingerprint density at radius 2 is 2.21 bits per heavy atom. The summed E-state index contributed by atoms with van der Waals surface area (Å²) in [7, 11) is 1.92. The lowest BCUT2D eigenvalue weighted by molar-refractivity contribution is 0.563. The van der Waals surface area contributed by atoms with Crippen LogP contribution >= 0.6 is 0 Å². The van der Waals surface area contributed by atoms with E-state index in [1.165, 1.54) is 6.07 Å². The van der Waals surface area contributed by atoms with Crippen molar-refractivity contribution in [1.82, 2.24) is 5.32 Å². The first-order valence-electron chi connectivity index (χ1n) is 4.85. The van der Waals surface area contributed by atoms with Gasteiger partial charge in [0.25, 0.3) is 0 Å². The fourth-order valence-electron chi connectivity index (χ4n) is 1.32. The maximum atomic E-state index is 13.0. The molecule has 0 radical (unpaired) electrons. The smallest absolute Gasteiger partial charge is 0.146 e. The number of nitrogens with one attached hydrogen (secondary N) is 1. The van der Waals surface area contributed by atoms with Gasteiger partial charge >= 0.3 is 0 Å². The highest BCUT2D eigenvalue weighted by Crippen LogP contribution is 2.17. The van der Waals surface area contributed by atoms with E-state index in [0.29, 0.717) is 6.04 Å². The lowest BCUT2D eigenvalue weighted by atomic mass is 10.0. The van der Waals surface area contributed by atoms with Crippen LogP contribution in [-0.2, 0) is 6.42 Å². The zero-order chi connectivity index (χ0) is 10.6. The molecule has 2 nitrogen and oxygen atoms in total. The summed E-state index contributed by atoms with van der Waals surface area (Å²) in [6.07, 6.45) is 1.77. The van der Waals surface area contributed by atoms with Crippen molar-refractivity contribution in [2.45, 2.75) is 25.8 Å². The molecule has 3 N–H and O–H groups in total. The average Bonchev–Trinajstić information content (AvgIpc) is 2.20. The number of rotatable bonds is 4. The zero-order valence-corrected chi connectivity index (χ0v) is 8.68. The molecule has 1 atom stereocenters. The first kappa shape index (κ1) is 11.0. The number of halogens is 1. The van der Waals surface area contributed by atoms with Crippen molar-refractivity contribution in [3.05, 3.63) is 29.6 Å². The van der Waals surface area contributed by atoms with Crippen LogP contribution in [0.5, 0.6) is 0 Å². The van der Waals surface area contributed by atoms with Crippen LogP contribution in [0, 0.1) is 5.82 Å². The van der Waals surface area contributed by atoms with E-state index in [1.54, 1.807) is 6.07 Å². The van der Waals surface area contributed by atoms with Crippen LogP contribution in [0.15, 0.2) is 18.2 Å². The molecule has 0 heterocycles. The first-order chi connectivity index (χ1) is 6.65. The van der Waals surface area contributed by atoms with Gasteiger partial charge in [0.1, 0.15) is 5.82 Å². The van der Waals surface area contributed by atoms with Crippen molar-refractivity contribution < 1.29 is 4.39 Å². The predicted octanol–water partition coefficient (Wildman–Crippen LogP) is 1.95. The van der Waals surface area contributed by atoms with Crippen LogP contribution < -0.4 is 11.1 Å². The van der Waals surface area contributed by atoms with Gasteiger partial charge < -0.3 is 11.1 Å². The molecule has 1 unspecified atom stereocenters. The molecule has 78 valence electrons. The molecule has 0 bridgehead atoms. The van der Waals surface area contributed by atoms with Gasteiger partial charge in [-0.2, -0.15) is 0 Å². The third-order valence-corrected chi connectivity index (χ3v) is 2.48. The third-order valence-electron chi connectivity index (χ3n) is 2.48. The van der Waals surface area contributed by atoms with Gasteiger partial charge in [-0.1, -0.05) is 12.1 Å². The van der Waals surface area contributed by atoms with E-state index in [4.69, 9.17) is 5.73 Å². The van der Waals surface area contributed by atoms with E-state index in [2.05, 4.69) is 12.2 Å². The second kappa shape index (κ2) is 4.96. The number of nitrogen functional groups attached to an aromatic ring is 1. The number of aryl methyl sites for hydroxylation is 1. The Balaban J connectivity index is 2.63. The summed E-state index contributed by atoms with van der Waals surface area (Å²) in [4.78, 5) is 0. The first-order valence-corrected chi connectivity index (χ1v) is 4.85. The highest BCUT2D eigenvalue weighted by atomic mass is 19.1. The van der Waals surface area contributed by atoms with Crippen LogP contribution in [0.25, 0.3) is 0 Å². The molecule has 1 rings (SSSR count). The Hall–Kier alpha value is -1.09. The summed E-state index contributed by atoms with van der Waals surface area (Å²) in [6.45, 7) is 2.09. The molecular weight excluding hydrogens is 179 g/mol. The molecule has 3 heteroatoms. The van der Waals surface area contributed by atoms with Gasteiger partial charge in [-0.15, -0.1) is 0 Å². The SMILES string of the molecule is CNC(C)CCc1cccc(F)c1N. The zero-order valence-electron chi connectivity index (χ0n) is 8.68. The van der Waals surface area contributed by atoms with Crippen LogP contribution in [0.1, 0.15) is 18.9 Å². The summed E-state index contributed by atoms with van der Waals surface area (Å²) in [5.41, 5.74) is 6.80. The summed E-state index contributed by atoms with van der Waals surface area (Å²) in [5, 5.41) is 3.13. The Kier molecular flexibility index (Phi) is 3.89. The molecule has 14 heavy (non-hydrogen) atoms. The fraction of sp³-hybridized carbons (Fsp3) is 0.455. The maximum absolute atomic E-state index is 13.0. The molecular formula is C11H17FN2. The number of benzene rings is 1. The lowest BCUT2D eigenvalue weighted by Gasteiger charge is -2.11. The molecule has 1 aromatic rings. The van der Waals surface area contributed by atoms with E-state index in [9.17, 15) is 4.39 Å². The van der Waals surface area contributed by atoms with Gasteiger partial charge in [0.15, 0.2) is 0 Å². The Bertz CT molecular complexity index is 299. The summed E-state index contributed by atoms with van der Waals surface area (Å²) in [5.74, 6) is -0.320. The van der Waals surface area contributed by atoms with Crippen LogP contribution in [0.4, 0.5) is 10.1 Å². The van der Waals surface area contributed by atoms with E-state index in [-0.39, 0.29) is 11.5 Å². The highest BCUT2D eigenvalue weighted by Gasteiger charge is 2.05. The topological polar surface area (TPSA) is 38.0 Å². The standard InChI is InChI=1S/C11H17FN2/c1-8(14-2)6-7-9-4-3-5-10(12)11(9)13/h3-5,8,14H,6-7,13H2,1-2H3. The van der Waals surface area contributed by atoms with Crippen molar-refractivity contribution >= 4 is 5.69 Å². The van der Waals surface area contributed by atoms with Gasteiger partial charge in [-0.3, -0.25) is 0 Å². The highest BCUT2D eigenvalue weighted by molar-refractivity contribution is 5.47. The van der Waals surface area contributed by atoms with Gasteiger partial charge in [0, 0.05) is 6.04 Å². The number of anilines is 1. The second-order valence-corrected chi connectivity index (χ2v) is 3.54. The molecule has 0 aliphatic rings. The van der Waals surface area contributed by atoms with E-state index >= 15 is 0 Å². The van der Waals surface area contributed by atoms with Gasteiger partial charge in [-0.05, 0) is 38.4 Å². The van der Waals surface area contributed by atoms with Crippen LogP contribution in [0.2, 0.25) is 0 Å². The Morgan fingerprint density at radius 1 is 1.50 bits per heavy atom. The van der Waals surface area contributed by atoms with E-state index in [1.807, 2.05) is 13.1 Å². The molecule has 0 saturated heterocycles. The minimum atomic E-state index is -0.320. The third kappa shape index (κ3) is 2.70. The van der Waals surface area contributed by atoms with E-state index < -0.39 is 0 Å². The summed E-state index contributed by atoms with van der Waals surface area (Å²) in [6, 6.07) is 5.39. The monoisotopic (exact) mass is 196 g/mol.